The van der Waals surface area contributed by atoms with Crippen molar-refractivity contribution in [3.05, 3.63) is 89.0 Å². The Labute approximate surface area is 315 Å². The first-order valence-electron chi connectivity index (χ1n) is 17.9. The van der Waals surface area contributed by atoms with Crippen LogP contribution in [0.25, 0.3) is 22.2 Å². The van der Waals surface area contributed by atoms with Crippen LogP contribution in [0.3, 0.4) is 0 Å². The van der Waals surface area contributed by atoms with E-state index in [2.05, 4.69) is 10.2 Å². The second kappa shape index (κ2) is 16.1. The van der Waals surface area contributed by atoms with Crippen molar-refractivity contribution in [1.29, 1.82) is 0 Å². The van der Waals surface area contributed by atoms with Crippen LogP contribution in [0.15, 0.2) is 71.6 Å². The largest absolute Gasteiger partial charge is 0.495 e. The SMILES string of the molecule is COc1cc2nc(-c3cccc(C(F)(F)F)c3)c(CN3CCC(N4CCOCC4)CC3)c(C(=O)N[C@@H](c3ccccc3)C(F)(F)F)c2cc1S(=O)(=O)C(C)C. The Kier molecular flexibility index (Phi) is 11.8. The molecule has 1 atom stereocenters. The highest BCUT2D eigenvalue weighted by atomic mass is 32.2. The average Bonchev–Trinajstić information content (AvgIpc) is 3.16. The molecule has 0 radical (unpaired) electrons. The molecule has 3 aromatic carbocycles. The average molecular weight is 793 g/mol. The summed E-state index contributed by atoms with van der Waals surface area (Å²) in [6.45, 7) is 6.61. The first-order valence-corrected chi connectivity index (χ1v) is 19.5. The van der Waals surface area contributed by atoms with Gasteiger partial charge in [0, 0.05) is 48.3 Å². The number of aromatic nitrogens is 1. The number of morpholine rings is 1. The Morgan fingerprint density at radius 1 is 0.945 bits per heavy atom. The maximum atomic E-state index is 14.7. The number of carbonyl (C=O) groups is 1. The number of methoxy groups -OCH3 is 1. The molecule has 2 aliphatic rings. The van der Waals surface area contributed by atoms with E-state index < -0.39 is 45.0 Å². The lowest BCUT2D eigenvalue weighted by Gasteiger charge is -2.40. The van der Waals surface area contributed by atoms with Crippen molar-refractivity contribution < 1.29 is 49.0 Å². The van der Waals surface area contributed by atoms with Gasteiger partial charge in [0.05, 0.1) is 47.9 Å². The number of nitrogens with one attached hydrogen (secondary N) is 1. The van der Waals surface area contributed by atoms with Crippen LogP contribution in [0.5, 0.6) is 5.75 Å². The number of hydrogen-bond acceptors (Lipinski definition) is 8. The Morgan fingerprint density at radius 3 is 2.22 bits per heavy atom. The van der Waals surface area contributed by atoms with Crippen molar-refractivity contribution in [3.8, 4) is 17.0 Å². The zero-order chi connectivity index (χ0) is 39.7. The summed E-state index contributed by atoms with van der Waals surface area (Å²) < 4.78 is 125. The molecule has 6 rings (SSSR count). The monoisotopic (exact) mass is 792 g/mol. The lowest BCUT2D eigenvalue weighted by atomic mass is 9.93. The number of rotatable bonds is 10. The number of nitrogens with zero attached hydrogens (tertiary/aromatic N) is 3. The third-order valence-electron chi connectivity index (χ3n) is 10.2. The van der Waals surface area contributed by atoms with Gasteiger partial charge in [-0.25, -0.2) is 13.4 Å². The molecule has 9 nitrogen and oxygen atoms in total. The predicted octanol–water partition coefficient (Wildman–Crippen LogP) is 7.44. The van der Waals surface area contributed by atoms with Gasteiger partial charge in [-0.05, 0) is 63.5 Å². The Hall–Kier alpha value is -4.25. The summed E-state index contributed by atoms with van der Waals surface area (Å²) >= 11 is 0. The molecular weight excluding hydrogens is 751 g/mol. The molecule has 0 aliphatic carbocycles. The van der Waals surface area contributed by atoms with Crippen LogP contribution in [-0.4, -0.2) is 93.1 Å². The lowest BCUT2D eigenvalue weighted by molar-refractivity contribution is -0.155. The normalized spacial score (nSPS) is 17.4. The van der Waals surface area contributed by atoms with E-state index in [9.17, 15) is 39.6 Å². The van der Waals surface area contributed by atoms with Gasteiger partial charge in [-0.2, -0.15) is 26.3 Å². The van der Waals surface area contributed by atoms with Crippen molar-refractivity contribution >= 4 is 26.6 Å². The third kappa shape index (κ3) is 8.77. The molecule has 2 fully saturated rings. The summed E-state index contributed by atoms with van der Waals surface area (Å²) in [6, 6.07) is 11.3. The van der Waals surface area contributed by atoms with Crippen LogP contribution in [0.4, 0.5) is 26.3 Å². The van der Waals surface area contributed by atoms with E-state index in [1.165, 1.54) is 75.6 Å². The van der Waals surface area contributed by atoms with Gasteiger partial charge in [0.15, 0.2) is 15.9 Å². The zero-order valence-electron chi connectivity index (χ0n) is 30.5. The predicted molar refractivity (Wildman–Crippen MR) is 194 cm³/mol. The van der Waals surface area contributed by atoms with Crippen LogP contribution in [0.1, 0.15) is 59.8 Å². The fourth-order valence-electron chi connectivity index (χ4n) is 7.25. The number of amides is 1. The van der Waals surface area contributed by atoms with E-state index in [0.717, 1.165) is 38.1 Å². The molecule has 2 saturated heterocycles. The van der Waals surface area contributed by atoms with E-state index in [-0.39, 0.29) is 62.1 Å². The summed E-state index contributed by atoms with van der Waals surface area (Å²) in [5.41, 5.74) is -1.68. The molecule has 0 bridgehead atoms. The smallest absolute Gasteiger partial charge is 0.416 e. The van der Waals surface area contributed by atoms with Gasteiger partial charge in [-0.3, -0.25) is 14.6 Å². The van der Waals surface area contributed by atoms with Crippen molar-refractivity contribution in [2.24, 2.45) is 0 Å². The quantitative estimate of drug-likeness (QED) is 0.166. The number of fused-ring (bicyclic) bond motifs is 1. The number of benzene rings is 3. The highest BCUT2D eigenvalue weighted by Crippen LogP contribution is 2.40. The minimum atomic E-state index is -4.96. The van der Waals surface area contributed by atoms with E-state index in [4.69, 9.17) is 14.5 Å². The van der Waals surface area contributed by atoms with E-state index in [0.29, 0.717) is 26.3 Å². The van der Waals surface area contributed by atoms with Crippen molar-refractivity contribution in [2.75, 3.05) is 46.5 Å². The number of ether oxygens (including phenoxy) is 2. The fourth-order valence-corrected chi connectivity index (χ4v) is 8.47. The Balaban J connectivity index is 1.58. The van der Waals surface area contributed by atoms with Crippen molar-refractivity contribution in [1.82, 2.24) is 20.1 Å². The minimum absolute atomic E-state index is 0.0303. The van der Waals surface area contributed by atoms with Crippen LogP contribution in [0, 0.1) is 0 Å². The molecule has 1 N–H and O–H groups in total. The summed E-state index contributed by atoms with van der Waals surface area (Å²) in [7, 11) is -2.87. The molecular formula is C39H42F6N4O5S. The van der Waals surface area contributed by atoms with Crippen molar-refractivity contribution in [2.45, 2.75) is 67.8 Å². The van der Waals surface area contributed by atoms with Crippen LogP contribution < -0.4 is 10.1 Å². The highest BCUT2D eigenvalue weighted by Gasteiger charge is 2.43. The molecule has 0 saturated carbocycles. The molecule has 1 aromatic heterocycles. The molecule has 16 heteroatoms. The molecule has 3 heterocycles. The Morgan fingerprint density at radius 2 is 1.62 bits per heavy atom. The standard InChI is InChI=1S/C39H42F6N4O5S/c1-24(2)55(51,52)33-21-29-31(22-32(33)53-3)46-35(26-10-7-11-27(20-26)38(40,41)42)30(23-48-14-12-28(13-15-48)49-16-18-54-19-17-49)34(29)37(50)47-36(39(43,44)45)25-8-5-4-6-9-25/h4-11,20-22,24,28,36H,12-19,23H2,1-3H3,(H,47,50)/t36-/m0/s1. The molecule has 2 aliphatic heterocycles. The maximum absolute atomic E-state index is 14.7. The number of alkyl halides is 6. The number of likely N-dealkylation sites (tertiary alicyclic amines) is 1. The van der Waals surface area contributed by atoms with Gasteiger partial charge < -0.3 is 14.8 Å². The summed E-state index contributed by atoms with van der Waals surface area (Å²) in [5.74, 6) is -1.35. The second-order valence-electron chi connectivity index (χ2n) is 14.0. The number of sulfone groups is 1. The number of carbonyl (C=O) groups excluding carboxylic acids is 1. The van der Waals surface area contributed by atoms with E-state index in [1.807, 2.05) is 4.90 Å². The van der Waals surface area contributed by atoms with E-state index >= 15 is 0 Å². The van der Waals surface area contributed by atoms with Gasteiger partial charge in [0.2, 0.25) is 0 Å². The number of hydrogen-bond donors (Lipinski definition) is 1. The summed E-state index contributed by atoms with van der Waals surface area (Å²) in [5, 5.41) is 1.10. The molecule has 4 aromatic rings. The van der Waals surface area contributed by atoms with Gasteiger partial charge in [0.1, 0.15) is 10.6 Å². The van der Waals surface area contributed by atoms with Crippen LogP contribution in [0.2, 0.25) is 0 Å². The Bertz CT molecular complexity index is 2120. The first-order chi connectivity index (χ1) is 26.0. The topological polar surface area (TPSA) is 101 Å². The summed E-state index contributed by atoms with van der Waals surface area (Å²) in [6.07, 6.45) is -8.26. The van der Waals surface area contributed by atoms with Crippen LogP contribution >= 0.6 is 0 Å². The zero-order valence-corrected chi connectivity index (χ0v) is 31.3. The van der Waals surface area contributed by atoms with Gasteiger partial charge in [-0.15, -0.1) is 0 Å². The lowest BCUT2D eigenvalue weighted by Crippen LogP contribution is -2.48. The number of pyridine rings is 1. The maximum Gasteiger partial charge on any atom is 0.416 e. The molecule has 1 amide bonds. The fraction of sp³-hybridized carbons (Fsp3) is 0.436. The second-order valence-corrected chi connectivity index (χ2v) is 16.5. The molecule has 0 spiro atoms. The van der Waals surface area contributed by atoms with E-state index in [1.54, 1.807) is 0 Å². The molecule has 296 valence electrons. The van der Waals surface area contributed by atoms with Crippen molar-refractivity contribution in [3.63, 3.8) is 0 Å². The highest BCUT2D eigenvalue weighted by molar-refractivity contribution is 7.92. The minimum Gasteiger partial charge on any atom is -0.495 e. The molecule has 0 unspecified atom stereocenters. The molecule has 55 heavy (non-hydrogen) atoms. The first kappa shape index (κ1) is 40.4. The van der Waals surface area contributed by atoms with Crippen LogP contribution in [-0.2, 0) is 27.3 Å². The van der Waals surface area contributed by atoms with Gasteiger partial charge >= 0.3 is 12.4 Å². The summed E-state index contributed by atoms with van der Waals surface area (Å²) in [4.78, 5) is 23.4. The number of halogens is 6. The van der Waals surface area contributed by atoms with Gasteiger partial charge in [0.25, 0.3) is 5.91 Å². The number of piperidine rings is 1. The van der Waals surface area contributed by atoms with Gasteiger partial charge in [-0.1, -0.05) is 42.5 Å². The third-order valence-corrected chi connectivity index (χ3v) is 12.4.